The van der Waals surface area contributed by atoms with Gasteiger partial charge in [0.05, 0.1) is 10.4 Å². The summed E-state index contributed by atoms with van der Waals surface area (Å²) >= 11 is 0. The van der Waals surface area contributed by atoms with Crippen LogP contribution in [-0.2, 0) is 6.42 Å². The topological polar surface area (TPSA) is 101 Å². The first kappa shape index (κ1) is 14.7. The van der Waals surface area contributed by atoms with Crippen molar-refractivity contribution in [3.63, 3.8) is 0 Å². The number of amides is 1. The van der Waals surface area contributed by atoms with Crippen LogP contribution in [0.1, 0.15) is 23.0 Å². The molecular formula is C16H14N4O3. The van der Waals surface area contributed by atoms with Gasteiger partial charge in [0.25, 0.3) is 11.6 Å². The summed E-state index contributed by atoms with van der Waals surface area (Å²) in [7, 11) is 0. The lowest BCUT2D eigenvalue weighted by Gasteiger charge is -2.04. The Balaban J connectivity index is 1.90. The van der Waals surface area contributed by atoms with Crippen LogP contribution < -0.4 is 5.32 Å². The molecule has 1 heterocycles. The molecule has 0 saturated heterocycles. The van der Waals surface area contributed by atoms with Crippen LogP contribution in [0.3, 0.4) is 0 Å². The second kappa shape index (κ2) is 5.88. The van der Waals surface area contributed by atoms with Crippen molar-refractivity contribution in [2.75, 3.05) is 5.32 Å². The highest BCUT2D eigenvalue weighted by Gasteiger charge is 2.17. The molecule has 0 saturated carbocycles. The van der Waals surface area contributed by atoms with E-state index in [4.69, 9.17) is 0 Å². The zero-order chi connectivity index (χ0) is 16.4. The Bertz CT molecular complexity index is 884. The standard InChI is InChI=1S/C16H14N4O3/c1-2-10-3-5-11(6-4-10)17-16(21)15-13-9-12(20(22)23)7-8-14(13)18-19-15/h3-9H,2H2,1H3,(H,17,21)(H,18,19). The molecule has 1 aromatic heterocycles. The van der Waals surface area contributed by atoms with E-state index in [0.29, 0.717) is 16.6 Å². The van der Waals surface area contributed by atoms with Crippen molar-refractivity contribution in [3.05, 3.63) is 63.8 Å². The van der Waals surface area contributed by atoms with Crippen LogP contribution in [0.25, 0.3) is 10.9 Å². The summed E-state index contributed by atoms with van der Waals surface area (Å²) in [5.74, 6) is -0.416. The predicted octanol–water partition coefficient (Wildman–Crippen LogP) is 3.29. The van der Waals surface area contributed by atoms with Crippen LogP contribution >= 0.6 is 0 Å². The molecule has 7 nitrogen and oxygen atoms in total. The molecule has 0 aliphatic carbocycles. The van der Waals surface area contributed by atoms with E-state index in [1.165, 1.54) is 23.8 Å². The Morgan fingerprint density at radius 2 is 2.00 bits per heavy atom. The van der Waals surface area contributed by atoms with E-state index >= 15 is 0 Å². The van der Waals surface area contributed by atoms with Gasteiger partial charge in [0, 0.05) is 23.2 Å². The number of aromatic amines is 1. The Labute approximate surface area is 131 Å². The lowest BCUT2D eigenvalue weighted by atomic mass is 10.1. The SMILES string of the molecule is CCc1ccc(NC(=O)c2n[nH]c3ccc([N+](=O)[O-])cc23)cc1. The molecule has 0 bridgehead atoms. The van der Waals surface area contributed by atoms with E-state index in [2.05, 4.69) is 22.4 Å². The minimum Gasteiger partial charge on any atom is -0.321 e. The fourth-order valence-corrected chi connectivity index (χ4v) is 2.30. The van der Waals surface area contributed by atoms with Crippen molar-refractivity contribution < 1.29 is 9.72 Å². The van der Waals surface area contributed by atoms with E-state index < -0.39 is 10.8 Å². The number of carbonyl (C=O) groups is 1. The first-order valence-electron chi connectivity index (χ1n) is 7.11. The molecule has 0 radical (unpaired) electrons. The summed E-state index contributed by atoms with van der Waals surface area (Å²) in [5.41, 5.74) is 2.43. The van der Waals surface area contributed by atoms with Crippen molar-refractivity contribution in [1.82, 2.24) is 10.2 Å². The number of carbonyl (C=O) groups excluding carboxylic acids is 1. The number of hydrogen-bond donors (Lipinski definition) is 2. The molecule has 1 amide bonds. The molecule has 0 unspecified atom stereocenters. The summed E-state index contributed by atoms with van der Waals surface area (Å²) in [4.78, 5) is 22.7. The van der Waals surface area contributed by atoms with Gasteiger partial charge in [0.2, 0.25) is 0 Å². The molecule has 2 N–H and O–H groups in total. The number of nitrogens with zero attached hydrogens (tertiary/aromatic N) is 2. The number of fused-ring (bicyclic) bond motifs is 1. The molecule has 0 fully saturated rings. The number of hydrogen-bond acceptors (Lipinski definition) is 4. The van der Waals surface area contributed by atoms with Gasteiger partial charge in [-0.2, -0.15) is 5.10 Å². The molecular weight excluding hydrogens is 296 g/mol. The first-order valence-corrected chi connectivity index (χ1v) is 7.11. The van der Waals surface area contributed by atoms with E-state index in [0.717, 1.165) is 6.42 Å². The Kier molecular flexibility index (Phi) is 3.76. The monoisotopic (exact) mass is 310 g/mol. The van der Waals surface area contributed by atoms with Crippen LogP contribution in [0.15, 0.2) is 42.5 Å². The van der Waals surface area contributed by atoms with Crippen molar-refractivity contribution >= 4 is 28.2 Å². The van der Waals surface area contributed by atoms with Crippen LogP contribution in [0.5, 0.6) is 0 Å². The predicted molar refractivity (Wildman–Crippen MR) is 86.5 cm³/mol. The minimum absolute atomic E-state index is 0.0831. The lowest BCUT2D eigenvalue weighted by molar-refractivity contribution is -0.384. The van der Waals surface area contributed by atoms with Gasteiger partial charge < -0.3 is 5.32 Å². The zero-order valence-electron chi connectivity index (χ0n) is 12.4. The quantitative estimate of drug-likeness (QED) is 0.570. The number of benzene rings is 2. The maximum absolute atomic E-state index is 12.4. The number of nitro groups is 1. The number of nitro benzene ring substituents is 1. The molecule has 3 aromatic rings. The van der Waals surface area contributed by atoms with Crippen molar-refractivity contribution in [2.45, 2.75) is 13.3 Å². The van der Waals surface area contributed by atoms with Gasteiger partial charge in [-0.15, -0.1) is 0 Å². The Morgan fingerprint density at radius 1 is 1.26 bits per heavy atom. The van der Waals surface area contributed by atoms with Gasteiger partial charge in [0.1, 0.15) is 0 Å². The summed E-state index contributed by atoms with van der Waals surface area (Å²) in [6.45, 7) is 2.05. The molecule has 3 rings (SSSR count). The van der Waals surface area contributed by atoms with Crippen molar-refractivity contribution in [2.24, 2.45) is 0 Å². The highest BCUT2D eigenvalue weighted by Crippen LogP contribution is 2.23. The van der Waals surface area contributed by atoms with Crippen LogP contribution in [-0.4, -0.2) is 21.0 Å². The highest BCUT2D eigenvalue weighted by atomic mass is 16.6. The van der Waals surface area contributed by atoms with E-state index in [1.54, 1.807) is 0 Å². The second-order valence-electron chi connectivity index (χ2n) is 5.06. The van der Waals surface area contributed by atoms with Crippen LogP contribution in [0.4, 0.5) is 11.4 Å². The summed E-state index contributed by atoms with van der Waals surface area (Å²) in [5, 5.41) is 20.7. The fourth-order valence-electron chi connectivity index (χ4n) is 2.30. The maximum atomic E-state index is 12.4. The summed E-state index contributed by atoms with van der Waals surface area (Å²) in [6.07, 6.45) is 0.919. The molecule has 7 heteroatoms. The lowest BCUT2D eigenvalue weighted by Crippen LogP contribution is -2.12. The number of non-ortho nitro benzene ring substituents is 1. The van der Waals surface area contributed by atoms with Gasteiger partial charge in [-0.3, -0.25) is 20.0 Å². The van der Waals surface area contributed by atoms with Gasteiger partial charge in [-0.25, -0.2) is 0 Å². The van der Waals surface area contributed by atoms with Crippen LogP contribution in [0.2, 0.25) is 0 Å². The number of rotatable bonds is 4. The third-order valence-electron chi connectivity index (χ3n) is 3.59. The third-order valence-corrected chi connectivity index (χ3v) is 3.59. The summed E-state index contributed by atoms with van der Waals surface area (Å²) < 4.78 is 0. The highest BCUT2D eigenvalue weighted by molar-refractivity contribution is 6.11. The molecule has 23 heavy (non-hydrogen) atoms. The Hall–Kier alpha value is -3.22. The smallest absolute Gasteiger partial charge is 0.276 e. The van der Waals surface area contributed by atoms with E-state index in [-0.39, 0.29) is 11.4 Å². The number of H-pyrrole nitrogens is 1. The van der Waals surface area contributed by atoms with Gasteiger partial charge >= 0.3 is 0 Å². The molecule has 0 aliphatic heterocycles. The maximum Gasteiger partial charge on any atom is 0.276 e. The number of aromatic nitrogens is 2. The molecule has 0 spiro atoms. The fraction of sp³-hybridized carbons (Fsp3) is 0.125. The Morgan fingerprint density at radius 3 is 2.65 bits per heavy atom. The third kappa shape index (κ3) is 2.89. The summed E-state index contributed by atoms with van der Waals surface area (Å²) in [6, 6.07) is 11.7. The number of nitrogens with one attached hydrogen (secondary N) is 2. The van der Waals surface area contributed by atoms with Gasteiger partial charge in [-0.1, -0.05) is 19.1 Å². The van der Waals surface area contributed by atoms with E-state index in [9.17, 15) is 14.9 Å². The zero-order valence-corrected chi connectivity index (χ0v) is 12.4. The average molecular weight is 310 g/mol. The largest absolute Gasteiger partial charge is 0.321 e. The van der Waals surface area contributed by atoms with Crippen molar-refractivity contribution in [3.8, 4) is 0 Å². The molecule has 116 valence electrons. The normalized spacial score (nSPS) is 10.7. The molecule has 0 aliphatic rings. The van der Waals surface area contributed by atoms with Gasteiger partial charge in [-0.05, 0) is 30.2 Å². The van der Waals surface area contributed by atoms with Crippen LogP contribution in [0, 0.1) is 10.1 Å². The minimum atomic E-state index is -0.502. The van der Waals surface area contributed by atoms with Crippen molar-refractivity contribution in [1.29, 1.82) is 0 Å². The molecule has 2 aromatic carbocycles. The first-order chi connectivity index (χ1) is 11.1. The number of anilines is 1. The van der Waals surface area contributed by atoms with E-state index in [1.807, 2.05) is 24.3 Å². The number of aryl methyl sites for hydroxylation is 1. The average Bonchev–Trinajstić information content (AvgIpc) is 2.98. The second-order valence-corrected chi connectivity index (χ2v) is 5.06. The molecule has 0 atom stereocenters. The van der Waals surface area contributed by atoms with Gasteiger partial charge in [0.15, 0.2) is 5.69 Å².